The number of anilines is 2. The maximum absolute atomic E-state index is 14.2. The lowest BCUT2D eigenvalue weighted by molar-refractivity contribution is 0.618. The maximum atomic E-state index is 14.2. The molecule has 27 heavy (non-hydrogen) atoms. The largest absolute Gasteiger partial charge is 0.351 e. The molecule has 134 valence electrons. The van der Waals surface area contributed by atoms with Crippen molar-refractivity contribution < 1.29 is 4.39 Å². The average Bonchev–Trinajstić information content (AvgIpc) is 3.28. The molecule has 4 rings (SSSR count). The molecule has 0 fully saturated rings. The number of nitrogens with one attached hydrogen (secondary N) is 1. The first-order valence-corrected chi connectivity index (χ1v) is 8.38. The van der Waals surface area contributed by atoms with E-state index in [4.69, 9.17) is 5.26 Å². The van der Waals surface area contributed by atoms with Gasteiger partial charge in [0, 0.05) is 41.6 Å². The lowest BCUT2D eigenvalue weighted by Crippen LogP contribution is -2.00. The lowest BCUT2D eigenvalue weighted by atomic mass is 10.2. The highest BCUT2D eigenvalue weighted by atomic mass is 19.1. The molecule has 3 heterocycles. The summed E-state index contributed by atoms with van der Waals surface area (Å²) in [5.41, 5.74) is 2.63. The standard InChI is InChI=1S/C19H16FN7/c1-26-8-5-13-9-15(3-4-17(13)26)24-19-22-11-16(20)18(25-19)14-10-23-27(12-14)7-2-6-21/h3-5,8-12H,2,7H2,1H3,(H,22,24,25). The van der Waals surface area contributed by atoms with E-state index in [1.54, 1.807) is 10.9 Å². The molecule has 4 aromatic rings. The number of benzene rings is 1. The van der Waals surface area contributed by atoms with Gasteiger partial charge in [0.25, 0.3) is 0 Å². The molecule has 7 nitrogen and oxygen atoms in total. The van der Waals surface area contributed by atoms with Crippen molar-refractivity contribution in [3.63, 3.8) is 0 Å². The summed E-state index contributed by atoms with van der Waals surface area (Å²) in [7, 11) is 1.99. The molecule has 1 N–H and O–H groups in total. The van der Waals surface area contributed by atoms with Crippen molar-refractivity contribution in [3.05, 3.63) is 54.9 Å². The zero-order chi connectivity index (χ0) is 18.8. The highest BCUT2D eigenvalue weighted by Crippen LogP contribution is 2.24. The predicted octanol–water partition coefficient (Wildman–Crippen LogP) is 3.63. The molecule has 0 aliphatic carbocycles. The van der Waals surface area contributed by atoms with Crippen LogP contribution in [-0.2, 0) is 13.6 Å². The number of fused-ring (bicyclic) bond motifs is 1. The van der Waals surface area contributed by atoms with Crippen molar-refractivity contribution >= 4 is 22.5 Å². The van der Waals surface area contributed by atoms with Gasteiger partial charge >= 0.3 is 0 Å². The average molecular weight is 361 g/mol. The fraction of sp³-hybridized carbons (Fsp3) is 0.158. The number of halogens is 1. The summed E-state index contributed by atoms with van der Waals surface area (Å²) in [5, 5.41) is 17.0. The van der Waals surface area contributed by atoms with E-state index in [0.29, 0.717) is 24.5 Å². The molecule has 0 saturated carbocycles. The van der Waals surface area contributed by atoms with Crippen LogP contribution in [0.25, 0.3) is 22.2 Å². The summed E-state index contributed by atoms with van der Waals surface area (Å²) in [6, 6.07) is 9.99. The quantitative estimate of drug-likeness (QED) is 0.587. The van der Waals surface area contributed by atoms with Crippen LogP contribution >= 0.6 is 0 Å². The molecule has 0 amide bonds. The molecule has 1 aromatic carbocycles. The van der Waals surface area contributed by atoms with Gasteiger partial charge in [-0.1, -0.05) is 0 Å². The van der Waals surface area contributed by atoms with Crippen LogP contribution in [-0.4, -0.2) is 24.3 Å². The number of nitriles is 1. The Morgan fingerprint density at radius 2 is 2.15 bits per heavy atom. The number of rotatable bonds is 5. The number of aryl methyl sites for hydroxylation is 2. The van der Waals surface area contributed by atoms with E-state index in [9.17, 15) is 4.39 Å². The SMILES string of the molecule is Cn1ccc2cc(Nc3ncc(F)c(-c4cnn(CCC#N)c4)n3)ccc21. The molecule has 0 unspecified atom stereocenters. The van der Waals surface area contributed by atoms with Crippen LogP contribution in [0.2, 0.25) is 0 Å². The summed E-state index contributed by atoms with van der Waals surface area (Å²) in [6.07, 6.45) is 6.66. The van der Waals surface area contributed by atoms with Crippen LogP contribution in [0, 0.1) is 17.1 Å². The number of hydrogen-bond acceptors (Lipinski definition) is 5. The van der Waals surface area contributed by atoms with Crippen molar-refractivity contribution in [2.24, 2.45) is 7.05 Å². The third kappa shape index (κ3) is 3.35. The van der Waals surface area contributed by atoms with Crippen LogP contribution < -0.4 is 5.32 Å². The minimum Gasteiger partial charge on any atom is -0.351 e. The zero-order valence-electron chi connectivity index (χ0n) is 14.6. The van der Waals surface area contributed by atoms with Gasteiger partial charge in [0.05, 0.1) is 31.4 Å². The second-order valence-corrected chi connectivity index (χ2v) is 6.12. The van der Waals surface area contributed by atoms with Crippen LogP contribution in [0.3, 0.4) is 0 Å². The van der Waals surface area contributed by atoms with Crippen molar-refractivity contribution in [2.45, 2.75) is 13.0 Å². The Bertz CT molecular complexity index is 1150. The first-order valence-electron chi connectivity index (χ1n) is 8.38. The van der Waals surface area contributed by atoms with E-state index in [-0.39, 0.29) is 5.69 Å². The molecule has 0 aliphatic heterocycles. The van der Waals surface area contributed by atoms with E-state index < -0.39 is 5.82 Å². The fourth-order valence-electron chi connectivity index (χ4n) is 2.89. The summed E-state index contributed by atoms with van der Waals surface area (Å²) in [4.78, 5) is 8.32. The molecule has 0 bridgehead atoms. The molecule has 0 aliphatic rings. The molecular formula is C19H16FN7. The van der Waals surface area contributed by atoms with Gasteiger partial charge < -0.3 is 9.88 Å². The van der Waals surface area contributed by atoms with Crippen LogP contribution in [0.15, 0.2) is 49.1 Å². The third-order valence-corrected chi connectivity index (χ3v) is 4.24. The number of hydrogen-bond donors (Lipinski definition) is 1. The molecule has 0 spiro atoms. The Balaban J connectivity index is 1.61. The number of nitrogens with zero attached hydrogens (tertiary/aromatic N) is 6. The van der Waals surface area contributed by atoms with Crippen LogP contribution in [0.4, 0.5) is 16.0 Å². The normalized spacial score (nSPS) is 10.9. The smallest absolute Gasteiger partial charge is 0.227 e. The first kappa shape index (κ1) is 16.7. The van der Waals surface area contributed by atoms with Gasteiger partial charge in [-0.15, -0.1) is 0 Å². The molecule has 0 atom stereocenters. The van der Waals surface area contributed by atoms with E-state index in [1.165, 1.54) is 6.20 Å². The van der Waals surface area contributed by atoms with Gasteiger partial charge in [-0.2, -0.15) is 10.4 Å². The topological polar surface area (TPSA) is 84.4 Å². The summed E-state index contributed by atoms with van der Waals surface area (Å²) < 4.78 is 17.9. The Kier molecular flexibility index (Phi) is 4.26. The minimum absolute atomic E-state index is 0.163. The lowest BCUT2D eigenvalue weighted by Gasteiger charge is -2.07. The molecule has 3 aromatic heterocycles. The van der Waals surface area contributed by atoms with Gasteiger partial charge in [0.2, 0.25) is 5.95 Å². The van der Waals surface area contributed by atoms with Gasteiger partial charge in [0.1, 0.15) is 5.69 Å². The Labute approximate surface area is 154 Å². The highest BCUT2D eigenvalue weighted by Gasteiger charge is 2.12. The second kappa shape index (κ2) is 6.88. The van der Waals surface area contributed by atoms with E-state index in [1.807, 2.05) is 42.1 Å². The van der Waals surface area contributed by atoms with Crippen molar-refractivity contribution in [1.82, 2.24) is 24.3 Å². The Morgan fingerprint density at radius 1 is 1.26 bits per heavy atom. The molecule has 8 heteroatoms. The molecule has 0 saturated heterocycles. The third-order valence-electron chi connectivity index (χ3n) is 4.24. The zero-order valence-corrected chi connectivity index (χ0v) is 14.6. The summed E-state index contributed by atoms with van der Waals surface area (Å²) in [5.74, 6) is -0.231. The summed E-state index contributed by atoms with van der Waals surface area (Å²) in [6.45, 7) is 0.450. The monoisotopic (exact) mass is 361 g/mol. The highest BCUT2D eigenvalue weighted by molar-refractivity contribution is 5.84. The van der Waals surface area contributed by atoms with Crippen molar-refractivity contribution in [1.29, 1.82) is 5.26 Å². The number of aromatic nitrogens is 5. The Morgan fingerprint density at radius 3 is 3.00 bits per heavy atom. The van der Waals surface area contributed by atoms with Gasteiger partial charge in [-0.25, -0.2) is 14.4 Å². The fourth-order valence-corrected chi connectivity index (χ4v) is 2.89. The van der Waals surface area contributed by atoms with Crippen molar-refractivity contribution in [3.8, 4) is 17.3 Å². The summed E-state index contributed by atoms with van der Waals surface area (Å²) >= 11 is 0. The van der Waals surface area contributed by atoms with E-state index in [0.717, 1.165) is 22.8 Å². The minimum atomic E-state index is -0.529. The van der Waals surface area contributed by atoms with Crippen LogP contribution in [0.1, 0.15) is 6.42 Å². The Hall–Kier alpha value is -3.73. The predicted molar refractivity (Wildman–Crippen MR) is 99.6 cm³/mol. The first-order chi connectivity index (χ1) is 13.1. The van der Waals surface area contributed by atoms with Crippen LogP contribution in [0.5, 0.6) is 0 Å². The van der Waals surface area contributed by atoms with Gasteiger partial charge in [0.15, 0.2) is 5.82 Å². The van der Waals surface area contributed by atoms with E-state index in [2.05, 4.69) is 26.5 Å². The molecular weight excluding hydrogens is 345 g/mol. The van der Waals surface area contributed by atoms with E-state index >= 15 is 0 Å². The van der Waals surface area contributed by atoms with Gasteiger partial charge in [-0.05, 0) is 24.3 Å². The second-order valence-electron chi connectivity index (χ2n) is 6.12. The molecule has 0 radical (unpaired) electrons. The van der Waals surface area contributed by atoms with Gasteiger partial charge in [-0.3, -0.25) is 4.68 Å². The van der Waals surface area contributed by atoms with Crippen molar-refractivity contribution in [2.75, 3.05) is 5.32 Å². The maximum Gasteiger partial charge on any atom is 0.227 e.